The smallest absolute Gasteiger partial charge is 0.269 e. The molecule has 1 unspecified atom stereocenters. The molecule has 2 amide bonds. The number of nitrogens with one attached hydrogen (secondary N) is 2. The van der Waals surface area contributed by atoms with Crippen molar-refractivity contribution in [3.63, 3.8) is 0 Å². The van der Waals surface area contributed by atoms with E-state index in [2.05, 4.69) is 20.6 Å². The van der Waals surface area contributed by atoms with Crippen LogP contribution in [0.2, 0.25) is 0 Å². The lowest BCUT2D eigenvalue weighted by atomic mass is 10.0. The van der Waals surface area contributed by atoms with E-state index in [1.807, 2.05) is 42.5 Å². The zero-order valence-corrected chi connectivity index (χ0v) is 19.6. The maximum absolute atomic E-state index is 12.9. The predicted molar refractivity (Wildman–Crippen MR) is 139 cm³/mol. The van der Waals surface area contributed by atoms with Gasteiger partial charge in [0.25, 0.3) is 11.8 Å². The molecule has 182 valence electrons. The van der Waals surface area contributed by atoms with Crippen LogP contribution < -0.4 is 22.2 Å². The van der Waals surface area contributed by atoms with Gasteiger partial charge < -0.3 is 22.2 Å². The summed E-state index contributed by atoms with van der Waals surface area (Å²) in [6, 6.07) is 20.4. The number of amides is 2. The molecule has 6 N–H and O–H groups in total. The average Bonchev–Trinajstić information content (AvgIpc) is 3.27. The lowest BCUT2D eigenvalue weighted by molar-refractivity contribution is 0.0991. The third-order valence-corrected chi connectivity index (χ3v) is 6.32. The standard InChI is InChI=1S/C27H27N7O2/c28-25(35)24-23(33-26(34(24)29)21-8-4-5-14-30-21)18-9-11-19(12-10-18)27(36)32-22-16-20(13-15-31-22)17-6-2-1-3-7-17/h1-3,6-7,9-13,15-16,21,30H,4-5,8,14,29H2,(H2,28,35)(H,31,32,36). The number of anilines is 1. The fraction of sp³-hybridized carbons (Fsp3) is 0.185. The van der Waals surface area contributed by atoms with Crippen LogP contribution in [0.25, 0.3) is 22.4 Å². The van der Waals surface area contributed by atoms with Crippen molar-refractivity contribution in [1.29, 1.82) is 0 Å². The number of carbonyl (C=O) groups is 2. The van der Waals surface area contributed by atoms with E-state index < -0.39 is 5.91 Å². The van der Waals surface area contributed by atoms with Crippen molar-refractivity contribution in [2.45, 2.75) is 25.3 Å². The second-order valence-electron chi connectivity index (χ2n) is 8.73. The van der Waals surface area contributed by atoms with Crippen LogP contribution in [0.15, 0.2) is 72.9 Å². The quantitative estimate of drug-likeness (QED) is 0.311. The van der Waals surface area contributed by atoms with Gasteiger partial charge in [-0.15, -0.1) is 0 Å². The Balaban J connectivity index is 1.37. The number of rotatable bonds is 6. The molecule has 9 nitrogen and oxygen atoms in total. The van der Waals surface area contributed by atoms with Crippen LogP contribution in [-0.4, -0.2) is 33.0 Å². The third-order valence-electron chi connectivity index (χ3n) is 6.32. The fourth-order valence-corrected chi connectivity index (χ4v) is 4.48. The monoisotopic (exact) mass is 481 g/mol. The maximum Gasteiger partial charge on any atom is 0.269 e. The van der Waals surface area contributed by atoms with Crippen molar-refractivity contribution >= 4 is 17.6 Å². The second-order valence-corrected chi connectivity index (χ2v) is 8.73. The molecular formula is C27H27N7O2. The van der Waals surface area contributed by atoms with Gasteiger partial charge in [-0.1, -0.05) is 48.9 Å². The van der Waals surface area contributed by atoms with Gasteiger partial charge in [0, 0.05) is 17.3 Å². The number of imidazole rings is 1. The first-order valence-corrected chi connectivity index (χ1v) is 11.9. The molecule has 9 heteroatoms. The van der Waals surface area contributed by atoms with E-state index in [1.165, 1.54) is 4.68 Å². The Morgan fingerprint density at radius 2 is 1.75 bits per heavy atom. The van der Waals surface area contributed by atoms with Crippen LogP contribution in [0, 0.1) is 0 Å². The Morgan fingerprint density at radius 1 is 0.972 bits per heavy atom. The summed E-state index contributed by atoms with van der Waals surface area (Å²) in [6.07, 6.45) is 4.68. The van der Waals surface area contributed by atoms with E-state index in [9.17, 15) is 9.59 Å². The molecule has 0 bridgehead atoms. The molecule has 0 spiro atoms. The normalized spacial score (nSPS) is 15.4. The van der Waals surface area contributed by atoms with E-state index in [-0.39, 0.29) is 17.6 Å². The molecule has 1 fully saturated rings. The van der Waals surface area contributed by atoms with Crippen LogP contribution >= 0.6 is 0 Å². The number of nitrogens with two attached hydrogens (primary N) is 2. The summed E-state index contributed by atoms with van der Waals surface area (Å²) in [7, 11) is 0. The minimum atomic E-state index is -0.659. The Bertz CT molecular complexity index is 1390. The summed E-state index contributed by atoms with van der Waals surface area (Å²) in [5, 5.41) is 6.24. The van der Waals surface area contributed by atoms with Gasteiger partial charge in [-0.25, -0.2) is 14.6 Å². The van der Waals surface area contributed by atoms with Crippen molar-refractivity contribution in [1.82, 2.24) is 20.0 Å². The van der Waals surface area contributed by atoms with Crippen LogP contribution in [0.4, 0.5) is 5.82 Å². The third kappa shape index (κ3) is 4.69. The molecule has 36 heavy (non-hydrogen) atoms. The molecule has 0 saturated carbocycles. The zero-order valence-electron chi connectivity index (χ0n) is 19.6. The number of hydrogen-bond acceptors (Lipinski definition) is 6. The van der Waals surface area contributed by atoms with Gasteiger partial charge in [0.1, 0.15) is 17.3 Å². The van der Waals surface area contributed by atoms with Crippen LogP contribution in [0.3, 0.4) is 0 Å². The number of piperidine rings is 1. The molecule has 5 rings (SSSR count). The minimum Gasteiger partial charge on any atom is -0.364 e. The van der Waals surface area contributed by atoms with E-state index in [4.69, 9.17) is 11.6 Å². The van der Waals surface area contributed by atoms with Crippen molar-refractivity contribution in [3.8, 4) is 22.4 Å². The number of benzene rings is 2. The van der Waals surface area contributed by atoms with Crippen LogP contribution in [0.5, 0.6) is 0 Å². The van der Waals surface area contributed by atoms with E-state index in [0.717, 1.165) is 36.9 Å². The zero-order chi connectivity index (χ0) is 25.1. The number of pyridine rings is 1. The molecule has 1 saturated heterocycles. The van der Waals surface area contributed by atoms with Crippen molar-refractivity contribution < 1.29 is 9.59 Å². The van der Waals surface area contributed by atoms with Gasteiger partial charge in [0.15, 0.2) is 5.69 Å². The summed E-state index contributed by atoms with van der Waals surface area (Å²) < 4.78 is 1.28. The van der Waals surface area contributed by atoms with Crippen molar-refractivity contribution in [2.75, 3.05) is 17.7 Å². The highest BCUT2D eigenvalue weighted by Gasteiger charge is 2.27. The van der Waals surface area contributed by atoms with Crippen molar-refractivity contribution in [3.05, 3.63) is 90.0 Å². The van der Waals surface area contributed by atoms with Crippen molar-refractivity contribution in [2.24, 2.45) is 5.73 Å². The highest BCUT2D eigenvalue weighted by molar-refractivity contribution is 6.04. The molecule has 4 aromatic rings. The molecule has 0 radical (unpaired) electrons. The Labute approximate surface area is 208 Å². The number of nitrogens with zero attached hydrogens (tertiary/aromatic N) is 3. The number of hydrogen-bond donors (Lipinski definition) is 4. The lowest BCUT2D eigenvalue weighted by Crippen LogP contribution is -2.32. The molecule has 1 aliphatic rings. The molecule has 3 heterocycles. The van der Waals surface area contributed by atoms with Gasteiger partial charge in [-0.3, -0.25) is 9.59 Å². The second kappa shape index (κ2) is 10.0. The van der Waals surface area contributed by atoms with Gasteiger partial charge in [0.05, 0.1) is 6.04 Å². The van der Waals surface area contributed by atoms with E-state index >= 15 is 0 Å². The number of nitrogen functional groups attached to an aromatic ring is 1. The van der Waals surface area contributed by atoms with Crippen LogP contribution in [0.1, 0.15) is 52.0 Å². The predicted octanol–water partition coefficient (Wildman–Crippen LogP) is 3.49. The van der Waals surface area contributed by atoms with Crippen LogP contribution in [-0.2, 0) is 0 Å². The van der Waals surface area contributed by atoms with E-state index in [0.29, 0.717) is 28.5 Å². The summed E-state index contributed by atoms with van der Waals surface area (Å²) in [5.41, 5.74) is 9.25. The van der Waals surface area contributed by atoms with Gasteiger partial charge in [0.2, 0.25) is 0 Å². The molecule has 2 aromatic carbocycles. The molecule has 0 aliphatic carbocycles. The molecular weight excluding hydrogens is 454 g/mol. The van der Waals surface area contributed by atoms with Gasteiger partial charge >= 0.3 is 0 Å². The maximum atomic E-state index is 12.9. The molecule has 1 aliphatic heterocycles. The number of primary amides is 1. The SMILES string of the molecule is NC(=O)c1c(-c2ccc(C(=O)Nc3cc(-c4ccccc4)ccn3)cc2)nc(C2CCCCN2)n1N. The fourth-order valence-electron chi connectivity index (χ4n) is 4.48. The van der Waals surface area contributed by atoms with E-state index in [1.54, 1.807) is 30.5 Å². The Morgan fingerprint density at radius 3 is 2.44 bits per heavy atom. The first-order chi connectivity index (χ1) is 17.5. The Kier molecular flexibility index (Phi) is 6.46. The largest absolute Gasteiger partial charge is 0.364 e. The number of carbonyl (C=O) groups excluding carboxylic acids is 2. The summed E-state index contributed by atoms with van der Waals surface area (Å²) in [5.74, 6) is 6.30. The highest BCUT2D eigenvalue weighted by atomic mass is 16.2. The first kappa shape index (κ1) is 23.3. The first-order valence-electron chi connectivity index (χ1n) is 11.9. The topological polar surface area (TPSA) is 141 Å². The average molecular weight is 482 g/mol. The highest BCUT2D eigenvalue weighted by Crippen LogP contribution is 2.29. The Hall–Kier alpha value is -4.50. The minimum absolute atomic E-state index is 0.0419. The summed E-state index contributed by atoms with van der Waals surface area (Å²) in [6.45, 7) is 0.867. The van der Waals surface area contributed by atoms with Gasteiger partial charge in [-0.05, 0) is 54.8 Å². The summed E-state index contributed by atoms with van der Waals surface area (Å²) >= 11 is 0. The molecule has 2 aromatic heterocycles. The van der Waals surface area contributed by atoms with Gasteiger partial charge in [-0.2, -0.15) is 0 Å². The lowest BCUT2D eigenvalue weighted by Gasteiger charge is -2.22. The molecule has 1 atom stereocenters. The number of aromatic nitrogens is 3. The summed E-state index contributed by atoms with van der Waals surface area (Å²) in [4.78, 5) is 34.0.